The zero-order valence-corrected chi connectivity index (χ0v) is 11.1. The molecule has 0 saturated heterocycles. The van der Waals surface area contributed by atoms with Gasteiger partial charge in [0.15, 0.2) is 0 Å². The number of halogens is 3. The second kappa shape index (κ2) is 5.99. The van der Waals surface area contributed by atoms with Crippen LogP contribution in [0.3, 0.4) is 0 Å². The van der Waals surface area contributed by atoms with Crippen molar-refractivity contribution in [2.24, 2.45) is 0 Å². The van der Waals surface area contributed by atoms with Crippen LogP contribution in [0.1, 0.15) is 12.5 Å². The molecule has 1 aromatic carbocycles. The van der Waals surface area contributed by atoms with E-state index in [0.29, 0.717) is 0 Å². The van der Waals surface area contributed by atoms with E-state index in [4.69, 9.17) is 0 Å². The summed E-state index contributed by atoms with van der Waals surface area (Å²) in [6.07, 6.45) is 0. The van der Waals surface area contributed by atoms with E-state index in [2.05, 4.69) is 11.8 Å². The Hall–Kier alpha value is 0.271. The minimum atomic E-state index is -4.95. The van der Waals surface area contributed by atoms with Crippen LogP contribution in [0.25, 0.3) is 0 Å². The van der Waals surface area contributed by atoms with Gasteiger partial charge in [0.2, 0.25) is 0 Å². The van der Waals surface area contributed by atoms with Gasteiger partial charge in [-0.1, -0.05) is 29.6 Å². The Balaban J connectivity index is 0.00000169. The van der Waals surface area contributed by atoms with Gasteiger partial charge in [-0.05, 0) is 18.6 Å². The third-order valence-electron chi connectivity index (χ3n) is 1.57. The average molecular weight is 222 g/mol. The van der Waals surface area contributed by atoms with Gasteiger partial charge in [-0.15, -0.1) is 5.92 Å². The van der Waals surface area contributed by atoms with Gasteiger partial charge in [0, 0.05) is 0 Å². The van der Waals surface area contributed by atoms with Crippen LogP contribution < -0.4 is 56.8 Å². The van der Waals surface area contributed by atoms with Gasteiger partial charge in [-0.25, -0.2) is 0 Å². The summed E-state index contributed by atoms with van der Waals surface area (Å²) in [6.45, 7) is -3.43. The van der Waals surface area contributed by atoms with E-state index in [1.165, 1.54) is 19.1 Å². The van der Waals surface area contributed by atoms with E-state index in [1.807, 2.05) is 0 Å². The fourth-order valence-corrected chi connectivity index (χ4v) is 1.03. The van der Waals surface area contributed by atoms with Crippen LogP contribution >= 0.6 is 0 Å². The van der Waals surface area contributed by atoms with Crippen molar-refractivity contribution < 1.29 is 64.3 Å². The second-order valence-electron chi connectivity index (χ2n) is 2.54. The smallest absolute Gasteiger partial charge is 0.445 e. The van der Waals surface area contributed by atoms with Crippen LogP contribution in [0, 0.1) is 11.8 Å². The molecule has 0 nitrogen and oxygen atoms in total. The first-order valence-corrected chi connectivity index (χ1v) is 3.77. The van der Waals surface area contributed by atoms with E-state index in [9.17, 15) is 12.9 Å². The Morgan fingerprint density at radius 2 is 1.71 bits per heavy atom. The minimum Gasteiger partial charge on any atom is -0.445 e. The van der Waals surface area contributed by atoms with Crippen LogP contribution in [0.5, 0.6) is 0 Å². The fraction of sp³-hybridized carbons (Fsp3) is 0.111. The molecular formula is C9H7BF3K. The SMILES string of the molecule is CC#Cc1ccccc1[B-](F)(F)F.[K+]. The van der Waals surface area contributed by atoms with Crippen molar-refractivity contribution in [2.45, 2.75) is 6.92 Å². The summed E-state index contributed by atoms with van der Waals surface area (Å²) >= 11 is 0. The van der Waals surface area contributed by atoms with Crippen molar-refractivity contribution in [3.8, 4) is 11.8 Å². The minimum absolute atomic E-state index is 0. The molecule has 0 heterocycles. The van der Waals surface area contributed by atoms with Crippen LogP contribution in [-0.4, -0.2) is 6.98 Å². The second-order valence-corrected chi connectivity index (χ2v) is 2.54. The number of rotatable bonds is 1. The maximum atomic E-state index is 12.4. The van der Waals surface area contributed by atoms with E-state index >= 15 is 0 Å². The summed E-state index contributed by atoms with van der Waals surface area (Å²) in [5, 5.41) is 0. The van der Waals surface area contributed by atoms with Crippen molar-refractivity contribution in [2.75, 3.05) is 0 Å². The molecule has 0 radical (unpaired) electrons. The maximum absolute atomic E-state index is 12.4. The zero-order valence-electron chi connectivity index (χ0n) is 8.02. The van der Waals surface area contributed by atoms with Crippen LogP contribution in [-0.2, 0) is 0 Å². The standard InChI is InChI=1S/C9H7BF3.K/c1-2-5-8-6-3-4-7-9(8)10(11,12)13;/h3-4,6-7H,1H3;/q-1;+1. The van der Waals surface area contributed by atoms with Crippen molar-refractivity contribution in [1.29, 1.82) is 0 Å². The summed E-state index contributed by atoms with van der Waals surface area (Å²) in [7, 11) is 0. The predicted molar refractivity (Wildman–Crippen MR) is 47.7 cm³/mol. The van der Waals surface area contributed by atoms with E-state index in [1.54, 1.807) is 6.07 Å². The molecule has 0 spiro atoms. The molecule has 0 aliphatic heterocycles. The van der Waals surface area contributed by atoms with Gasteiger partial charge >= 0.3 is 58.4 Å². The first-order chi connectivity index (χ1) is 6.05. The van der Waals surface area contributed by atoms with Gasteiger partial charge < -0.3 is 12.9 Å². The topological polar surface area (TPSA) is 0 Å². The molecule has 0 N–H and O–H groups in total. The molecule has 0 unspecified atom stereocenters. The molecule has 5 heteroatoms. The molecule has 68 valence electrons. The van der Waals surface area contributed by atoms with E-state index in [-0.39, 0.29) is 56.9 Å². The summed E-state index contributed by atoms with van der Waals surface area (Å²) in [6, 6.07) is 5.34. The summed E-state index contributed by atoms with van der Waals surface area (Å²) in [5.74, 6) is 4.88. The zero-order chi connectivity index (χ0) is 9.90. The number of hydrogen-bond acceptors (Lipinski definition) is 0. The van der Waals surface area contributed by atoms with Crippen molar-refractivity contribution in [3.63, 3.8) is 0 Å². The molecule has 0 aliphatic rings. The number of benzene rings is 1. The van der Waals surface area contributed by atoms with Crippen molar-refractivity contribution in [3.05, 3.63) is 29.8 Å². The first-order valence-electron chi connectivity index (χ1n) is 3.77. The van der Waals surface area contributed by atoms with Gasteiger partial charge in [0.25, 0.3) is 0 Å². The maximum Gasteiger partial charge on any atom is 1.00 e. The van der Waals surface area contributed by atoms with Crippen LogP contribution in [0.15, 0.2) is 24.3 Å². The summed E-state index contributed by atoms with van der Waals surface area (Å²) in [5.41, 5.74) is -0.561. The Bertz CT molecular complexity index is 362. The Kier molecular flexibility index (Phi) is 6.10. The molecule has 0 aliphatic carbocycles. The molecule has 0 amide bonds. The molecule has 1 aromatic rings. The molecule has 0 fully saturated rings. The van der Waals surface area contributed by atoms with Crippen LogP contribution in [0.4, 0.5) is 12.9 Å². The van der Waals surface area contributed by atoms with Crippen LogP contribution in [0.2, 0.25) is 0 Å². The van der Waals surface area contributed by atoms with Crippen molar-refractivity contribution >= 4 is 12.4 Å². The largest absolute Gasteiger partial charge is 1.00 e. The first kappa shape index (κ1) is 14.3. The van der Waals surface area contributed by atoms with Gasteiger partial charge in [0.1, 0.15) is 0 Å². The fourth-order valence-electron chi connectivity index (χ4n) is 1.03. The summed E-state index contributed by atoms with van der Waals surface area (Å²) in [4.78, 5) is 0. The third-order valence-corrected chi connectivity index (χ3v) is 1.57. The molecule has 14 heavy (non-hydrogen) atoms. The average Bonchev–Trinajstić information content (AvgIpc) is 2.04. The number of hydrogen-bond donors (Lipinski definition) is 0. The molecule has 0 atom stereocenters. The molecule has 0 bridgehead atoms. The van der Waals surface area contributed by atoms with Gasteiger partial charge in [-0.3, -0.25) is 0 Å². The molecule has 0 aromatic heterocycles. The van der Waals surface area contributed by atoms with Crippen molar-refractivity contribution in [1.82, 2.24) is 0 Å². The quantitative estimate of drug-likeness (QED) is 0.427. The Labute approximate surface area is 124 Å². The Morgan fingerprint density at radius 3 is 2.21 bits per heavy atom. The van der Waals surface area contributed by atoms with E-state index < -0.39 is 12.4 Å². The molecular weight excluding hydrogens is 215 g/mol. The van der Waals surface area contributed by atoms with Gasteiger partial charge in [0.05, 0.1) is 0 Å². The van der Waals surface area contributed by atoms with Gasteiger partial charge in [-0.2, -0.15) is 0 Å². The normalized spacial score (nSPS) is 9.71. The third kappa shape index (κ3) is 3.79. The Morgan fingerprint density at radius 1 is 1.14 bits per heavy atom. The monoisotopic (exact) mass is 222 g/mol. The molecule has 0 saturated carbocycles. The van der Waals surface area contributed by atoms with E-state index in [0.717, 1.165) is 6.07 Å². The molecule has 1 rings (SSSR count). The summed E-state index contributed by atoms with van der Waals surface area (Å²) < 4.78 is 37.1. The predicted octanol–water partition coefficient (Wildman–Crippen LogP) is -0.884.